The van der Waals surface area contributed by atoms with Gasteiger partial charge >= 0.3 is 0 Å². The van der Waals surface area contributed by atoms with Gasteiger partial charge in [0.05, 0.1) is 17.6 Å². The maximum Gasteiger partial charge on any atom is 0.246 e. The molecule has 1 aromatic heterocycles. The van der Waals surface area contributed by atoms with Gasteiger partial charge in [0.1, 0.15) is 4.90 Å². The average Bonchev–Trinajstić information content (AvgIpc) is 2.98. The third-order valence-corrected chi connectivity index (χ3v) is 6.67. The molecule has 2 aromatic rings. The Bertz CT molecular complexity index is 821. The molecule has 1 N–H and O–H groups in total. The third kappa shape index (κ3) is 4.01. The van der Waals surface area contributed by atoms with Gasteiger partial charge in [-0.1, -0.05) is 11.6 Å². The molecule has 6 nitrogen and oxygen atoms in total. The Morgan fingerprint density at radius 2 is 1.96 bits per heavy atom. The minimum atomic E-state index is -3.55. The highest BCUT2D eigenvalue weighted by Gasteiger charge is 2.32. The molecule has 25 heavy (non-hydrogen) atoms. The number of piperidine rings is 1. The SMILES string of the molecule is CNC1CCCN(S(=O)(=O)c2cnn(-c3ccc(Cl)cc3)c2C)C1.Cl. The molecule has 0 aliphatic carbocycles. The van der Waals surface area contributed by atoms with Crippen LogP contribution in [0.4, 0.5) is 0 Å². The molecule has 138 valence electrons. The van der Waals surface area contributed by atoms with Crippen LogP contribution in [0.3, 0.4) is 0 Å². The molecule has 1 aromatic carbocycles. The van der Waals surface area contributed by atoms with E-state index in [-0.39, 0.29) is 23.3 Å². The van der Waals surface area contributed by atoms with Crippen molar-refractivity contribution in [3.63, 3.8) is 0 Å². The van der Waals surface area contributed by atoms with Crippen molar-refractivity contribution in [2.24, 2.45) is 0 Å². The van der Waals surface area contributed by atoms with Crippen LogP contribution >= 0.6 is 24.0 Å². The van der Waals surface area contributed by atoms with Crippen molar-refractivity contribution in [2.75, 3.05) is 20.1 Å². The summed E-state index contributed by atoms with van der Waals surface area (Å²) in [6.07, 6.45) is 3.28. The van der Waals surface area contributed by atoms with Crippen LogP contribution in [0.2, 0.25) is 5.02 Å². The number of aromatic nitrogens is 2. The summed E-state index contributed by atoms with van der Waals surface area (Å²) in [6, 6.07) is 7.34. The fourth-order valence-electron chi connectivity index (χ4n) is 3.03. The minimum absolute atomic E-state index is 0. The van der Waals surface area contributed by atoms with Crippen molar-refractivity contribution in [1.29, 1.82) is 0 Å². The van der Waals surface area contributed by atoms with E-state index in [9.17, 15) is 8.42 Å². The Kier molecular flexibility index (Phi) is 6.51. The van der Waals surface area contributed by atoms with E-state index in [2.05, 4.69) is 10.4 Å². The summed E-state index contributed by atoms with van der Waals surface area (Å²) in [6.45, 7) is 2.81. The third-order valence-electron chi connectivity index (χ3n) is 4.45. The average molecular weight is 405 g/mol. The van der Waals surface area contributed by atoms with Gasteiger partial charge in [0, 0.05) is 24.2 Å². The first-order valence-electron chi connectivity index (χ1n) is 7.91. The fraction of sp³-hybridized carbons (Fsp3) is 0.438. The first-order chi connectivity index (χ1) is 11.4. The molecular weight excluding hydrogens is 383 g/mol. The lowest BCUT2D eigenvalue weighted by atomic mass is 10.1. The predicted molar refractivity (Wildman–Crippen MR) is 101 cm³/mol. The molecule has 3 rings (SSSR count). The van der Waals surface area contributed by atoms with Gasteiger partial charge in [0.2, 0.25) is 10.0 Å². The number of nitrogens with zero attached hydrogens (tertiary/aromatic N) is 3. The molecule has 0 spiro atoms. The molecule has 1 unspecified atom stereocenters. The highest BCUT2D eigenvalue weighted by atomic mass is 35.5. The van der Waals surface area contributed by atoms with Crippen molar-refractivity contribution in [1.82, 2.24) is 19.4 Å². The lowest BCUT2D eigenvalue weighted by molar-refractivity contribution is 0.292. The zero-order valence-corrected chi connectivity index (χ0v) is 16.5. The number of halogens is 2. The van der Waals surface area contributed by atoms with Gasteiger partial charge in [0.15, 0.2) is 0 Å². The van der Waals surface area contributed by atoms with Crippen molar-refractivity contribution >= 4 is 34.0 Å². The Hall–Kier alpha value is -1.12. The quantitative estimate of drug-likeness (QED) is 0.849. The summed E-state index contributed by atoms with van der Waals surface area (Å²) in [5, 5.41) is 8.06. The number of hydrogen-bond acceptors (Lipinski definition) is 4. The molecule has 1 atom stereocenters. The summed E-state index contributed by atoms with van der Waals surface area (Å²) in [4.78, 5) is 0.259. The second-order valence-electron chi connectivity index (χ2n) is 5.97. The van der Waals surface area contributed by atoms with Gasteiger partial charge < -0.3 is 5.32 Å². The second kappa shape index (κ2) is 8.05. The van der Waals surface area contributed by atoms with Gasteiger partial charge in [-0.3, -0.25) is 0 Å². The molecule has 0 bridgehead atoms. The lowest BCUT2D eigenvalue weighted by Crippen LogP contribution is -2.46. The minimum Gasteiger partial charge on any atom is -0.316 e. The molecule has 1 fully saturated rings. The van der Waals surface area contributed by atoms with E-state index in [0.717, 1.165) is 18.5 Å². The topological polar surface area (TPSA) is 67.2 Å². The summed E-state index contributed by atoms with van der Waals surface area (Å²) in [5.74, 6) is 0. The second-order valence-corrected chi connectivity index (χ2v) is 8.32. The van der Waals surface area contributed by atoms with Crippen LogP contribution in [0, 0.1) is 6.92 Å². The van der Waals surface area contributed by atoms with Crippen LogP contribution < -0.4 is 5.32 Å². The van der Waals surface area contributed by atoms with Crippen LogP contribution in [0.15, 0.2) is 35.4 Å². The van der Waals surface area contributed by atoms with E-state index in [4.69, 9.17) is 11.6 Å². The zero-order valence-electron chi connectivity index (χ0n) is 14.1. The maximum absolute atomic E-state index is 13.0. The molecule has 9 heteroatoms. The normalized spacial score (nSPS) is 18.8. The van der Waals surface area contributed by atoms with E-state index >= 15 is 0 Å². The van der Waals surface area contributed by atoms with Crippen LogP contribution in [0.1, 0.15) is 18.5 Å². The molecule has 1 aliphatic rings. The van der Waals surface area contributed by atoms with E-state index in [1.807, 2.05) is 19.2 Å². The van der Waals surface area contributed by atoms with Gasteiger partial charge in [-0.2, -0.15) is 9.40 Å². The molecule has 0 radical (unpaired) electrons. The fourth-order valence-corrected chi connectivity index (χ4v) is 4.82. The van der Waals surface area contributed by atoms with Crippen LogP contribution in [-0.2, 0) is 10.0 Å². The Morgan fingerprint density at radius 3 is 2.60 bits per heavy atom. The number of rotatable bonds is 4. The van der Waals surface area contributed by atoms with Crippen LogP contribution in [-0.4, -0.2) is 48.7 Å². The number of hydrogen-bond donors (Lipinski definition) is 1. The number of nitrogens with one attached hydrogen (secondary N) is 1. The van der Waals surface area contributed by atoms with Crippen molar-refractivity contribution in [3.05, 3.63) is 41.2 Å². The zero-order chi connectivity index (χ0) is 17.3. The molecule has 0 amide bonds. The number of likely N-dealkylation sites (N-methyl/N-ethyl adjacent to an activating group) is 1. The smallest absolute Gasteiger partial charge is 0.246 e. The van der Waals surface area contributed by atoms with Crippen LogP contribution in [0.25, 0.3) is 5.69 Å². The Labute approximate surface area is 159 Å². The largest absolute Gasteiger partial charge is 0.316 e. The highest BCUT2D eigenvalue weighted by Crippen LogP contribution is 2.25. The van der Waals surface area contributed by atoms with E-state index < -0.39 is 10.0 Å². The van der Waals surface area contributed by atoms with Gasteiger partial charge in [-0.15, -0.1) is 12.4 Å². The van der Waals surface area contributed by atoms with Gasteiger partial charge in [0.25, 0.3) is 0 Å². The predicted octanol–water partition coefficient (Wildman–Crippen LogP) is 2.63. The van der Waals surface area contributed by atoms with Crippen molar-refractivity contribution < 1.29 is 8.42 Å². The Morgan fingerprint density at radius 1 is 1.28 bits per heavy atom. The number of sulfonamides is 1. The summed E-state index contributed by atoms with van der Waals surface area (Å²) in [5.41, 5.74) is 1.38. The van der Waals surface area contributed by atoms with Gasteiger partial charge in [-0.25, -0.2) is 13.1 Å². The van der Waals surface area contributed by atoms with E-state index in [1.165, 1.54) is 6.20 Å². The molecule has 2 heterocycles. The Balaban J connectivity index is 0.00000225. The molecular formula is C16H22Cl2N4O2S. The van der Waals surface area contributed by atoms with E-state index in [1.54, 1.807) is 28.0 Å². The molecule has 0 saturated carbocycles. The first kappa shape index (κ1) is 20.2. The summed E-state index contributed by atoms with van der Waals surface area (Å²) in [7, 11) is -1.68. The molecule has 1 aliphatic heterocycles. The number of benzene rings is 1. The molecule has 1 saturated heterocycles. The van der Waals surface area contributed by atoms with Crippen LogP contribution in [0.5, 0.6) is 0 Å². The highest BCUT2D eigenvalue weighted by molar-refractivity contribution is 7.89. The summed E-state index contributed by atoms with van der Waals surface area (Å²) < 4.78 is 29.2. The monoisotopic (exact) mass is 404 g/mol. The lowest BCUT2D eigenvalue weighted by Gasteiger charge is -2.31. The standard InChI is InChI=1S/C16H21ClN4O2S.ClH/c1-12-16(10-19-21(12)15-7-5-13(17)6-8-15)24(22,23)20-9-3-4-14(11-20)18-2;/h5-8,10,14,18H,3-4,9,11H2,1-2H3;1H. The first-order valence-corrected chi connectivity index (χ1v) is 9.73. The van der Waals surface area contributed by atoms with Crippen molar-refractivity contribution in [3.8, 4) is 5.69 Å². The maximum atomic E-state index is 13.0. The van der Waals surface area contributed by atoms with Gasteiger partial charge in [-0.05, 0) is 51.1 Å². The summed E-state index contributed by atoms with van der Waals surface area (Å²) >= 11 is 5.91. The van der Waals surface area contributed by atoms with Crippen molar-refractivity contribution in [2.45, 2.75) is 30.7 Å². The van der Waals surface area contributed by atoms with E-state index in [0.29, 0.717) is 23.8 Å².